The third kappa shape index (κ3) is 4.02. The normalized spacial score (nSPS) is 22.8. The summed E-state index contributed by atoms with van der Waals surface area (Å²) in [6.07, 6.45) is 6.62. The molecule has 2 aliphatic heterocycles. The number of likely N-dealkylation sites (tertiary alicyclic amines) is 2. The molecule has 0 radical (unpaired) electrons. The highest BCUT2D eigenvalue weighted by atomic mass is 16.5. The summed E-state index contributed by atoms with van der Waals surface area (Å²) in [5.41, 5.74) is 1.43. The van der Waals surface area contributed by atoms with Crippen LogP contribution in [0.4, 0.5) is 0 Å². The molecular formula is C19H30N2O. The van der Waals surface area contributed by atoms with E-state index in [1.807, 2.05) is 6.07 Å². The Balaban J connectivity index is 1.47. The van der Waals surface area contributed by atoms with E-state index in [-0.39, 0.29) is 0 Å². The van der Waals surface area contributed by atoms with E-state index >= 15 is 0 Å². The Labute approximate surface area is 135 Å². The molecule has 0 N–H and O–H groups in total. The van der Waals surface area contributed by atoms with Gasteiger partial charge in [-0.3, -0.25) is 0 Å². The van der Waals surface area contributed by atoms with Crippen molar-refractivity contribution in [3.05, 3.63) is 29.8 Å². The van der Waals surface area contributed by atoms with Crippen molar-refractivity contribution < 1.29 is 4.74 Å². The molecule has 122 valence electrons. The van der Waals surface area contributed by atoms with Crippen LogP contribution in [0.15, 0.2) is 24.3 Å². The van der Waals surface area contributed by atoms with Crippen LogP contribution >= 0.6 is 0 Å². The molecule has 0 amide bonds. The van der Waals surface area contributed by atoms with Gasteiger partial charge in [0.15, 0.2) is 0 Å². The minimum Gasteiger partial charge on any atom is -0.497 e. The predicted molar refractivity (Wildman–Crippen MR) is 91.5 cm³/mol. The quantitative estimate of drug-likeness (QED) is 0.850. The van der Waals surface area contributed by atoms with Crippen LogP contribution in [-0.4, -0.2) is 56.2 Å². The average molecular weight is 302 g/mol. The average Bonchev–Trinajstić information content (AvgIpc) is 2.57. The molecule has 1 aromatic rings. The zero-order valence-electron chi connectivity index (χ0n) is 14.1. The number of ether oxygens (including phenoxy) is 1. The smallest absolute Gasteiger partial charge is 0.119 e. The molecule has 0 spiro atoms. The van der Waals surface area contributed by atoms with Gasteiger partial charge in [-0.05, 0) is 88.9 Å². The van der Waals surface area contributed by atoms with Crippen LogP contribution in [0.3, 0.4) is 0 Å². The Morgan fingerprint density at radius 1 is 1.05 bits per heavy atom. The van der Waals surface area contributed by atoms with Crippen LogP contribution in [0, 0.1) is 5.92 Å². The Kier molecular flexibility index (Phi) is 5.37. The molecule has 1 aromatic carbocycles. The van der Waals surface area contributed by atoms with Gasteiger partial charge < -0.3 is 14.5 Å². The van der Waals surface area contributed by atoms with Gasteiger partial charge in [0.2, 0.25) is 0 Å². The van der Waals surface area contributed by atoms with E-state index in [1.165, 1.54) is 63.8 Å². The van der Waals surface area contributed by atoms with Gasteiger partial charge in [-0.25, -0.2) is 0 Å². The lowest BCUT2D eigenvalue weighted by Crippen LogP contribution is -2.47. The maximum Gasteiger partial charge on any atom is 0.119 e. The Hall–Kier alpha value is -1.06. The molecule has 3 heteroatoms. The van der Waals surface area contributed by atoms with E-state index in [4.69, 9.17) is 4.74 Å². The van der Waals surface area contributed by atoms with Crippen LogP contribution in [0.25, 0.3) is 0 Å². The molecule has 2 saturated heterocycles. The number of benzene rings is 1. The second-order valence-electron chi connectivity index (χ2n) is 7.07. The van der Waals surface area contributed by atoms with Gasteiger partial charge in [0.25, 0.3) is 0 Å². The van der Waals surface area contributed by atoms with E-state index in [0.717, 1.165) is 17.7 Å². The number of rotatable bonds is 4. The molecule has 0 bridgehead atoms. The summed E-state index contributed by atoms with van der Waals surface area (Å²) in [6, 6.07) is 9.43. The van der Waals surface area contributed by atoms with E-state index < -0.39 is 0 Å². The molecular weight excluding hydrogens is 272 g/mol. The monoisotopic (exact) mass is 302 g/mol. The van der Waals surface area contributed by atoms with Crippen molar-refractivity contribution in [3.63, 3.8) is 0 Å². The predicted octanol–water partition coefficient (Wildman–Crippen LogP) is 3.04. The molecule has 22 heavy (non-hydrogen) atoms. The lowest BCUT2D eigenvalue weighted by Gasteiger charge is -2.41. The van der Waals surface area contributed by atoms with E-state index in [9.17, 15) is 0 Å². The summed E-state index contributed by atoms with van der Waals surface area (Å²) < 4.78 is 5.34. The van der Waals surface area contributed by atoms with Crippen LogP contribution < -0.4 is 4.74 Å². The van der Waals surface area contributed by atoms with Crippen molar-refractivity contribution in [2.45, 2.75) is 38.1 Å². The van der Waals surface area contributed by atoms with Crippen LogP contribution in [0.5, 0.6) is 5.75 Å². The minimum atomic E-state index is 0.842. The van der Waals surface area contributed by atoms with Gasteiger partial charge in [0.05, 0.1) is 7.11 Å². The molecule has 0 aliphatic carbocycles. The molecule has 3 nitrogen and oxygen atoms in total. The summed E-state index contributed by atoms with van der Waals surface area (Å²) in [4.78, 5) is 5.22. The van der Waals surface area contributed by atoms with Crippen molar-refractivity contribution in [2.24, 2.45) is 5.92 Å². The van der Waals surface area contributed by atoms with Crippen molar-refractivity contribution in [3.8, 4) is 5.75 Å². The highest BCUT2D eigenvalue weighted by Gasteiger charge is 2.27. The lowest BCUT2D eigenvalue weighted by molar-refractivity contribution is 0.0855. The number of hydrogen-bond donors (Lipinski definition) is 0. The van der Waals surface area contributed by atoms with Gasteiger partial charge in [0.1, 0.15) is 5.75 Å². The largest absolute Gasteiger partial charge is 0.497 e. The van der Waals surface area contributed by atoms with Crippen molar-refractivity contribution >= 4 is 0 Å². The maximum atomic E-state index is 5.34. The lowest BCUT2D eigenvalue weighted by atomic mass is 9.88. The van der Waals surface area contributed by atoms with Gasteiger partial charge in [-0.15, -0.1) is 0 Å². The third-order valence-electron chi connectivity index (χ3n) is 5.51. The molecule has 2 aliphatic rings. The summed E-state index contributed by atoms with van der Waals surface area (Å²) in [5.74, 6) is 1.83. The number of piperidine rings is 2. The van der Waals surface area contributed by atoms with E-state index in [2.05, 4.69) is 35.0 Å². The van der Waals surface area contributed by atoms with Crippen molar-refractivity contribution in [2.75, 3.05) is 40.3 Å². The van der Waals surface area contributed by atoms with E-state index in [0.29, 0.717) is 0 Å². The molecule has 0 saturated carbocycles. The molecule has 2 fully saturated rings. The second-order valence-corrected chi connectivity index (χ2v) is 7.07. The highest BCUT2D eigenvalue weighted by molar-refractivity contribution is 5.28. The topological polar surface area (TPSA) is 15.7 Å². The zero-order valence-corrected chi connectivity index (χ0v) is 14.1. The van der Waals surface area contributed by atoms with Crippen LogP contribution in [0.1, 0.15) is 31.2 Å². The first-order chi connectivity index (χ1) is 10.7. The molecule has 0 unspecified atom stereocenters. The van der Waals surface area contributed by atoms with Crippen LogP contribution in [-0.2, 0) is 6.42 Å². The number of hydrogen-bond acceptors (Lipinski definition) is 3. The second kappa shape index (κ2) is 7.47. The first kappa shape index (κ1) is 15.8. The summed E-state index contributed by atoms with van der Waals surface area (Å²) in [7, 11) is 4.00. The highest BCUT2D eigenvalue weighted by Crippen LogP contribution is 2.26. The zero-order chi connectivity index (χ0) is 15.4. The fourth-order valence-corrected chi connectivity index (χ4v) is 4.02. The SMILES string of the molecule is COc1cccc(CC2CCN(C3CCN(C)CC3)CC2)c1. The first-order valence-electron chi connectivity index (χ1n) is 8.80. The van der Waals surface area contributed by atoms with Gasteiger partial charge in [0, 0.05) is 6.04 Å². The standard InChI is InChI=1S/C19H30N2O/c1-20-10-8-18(9-11-20)21-12-6-16(7-13-21)14-17-4-3-5-19(15-17)22-2/h3-5,15-16,18H,6-14H2,1-2H3. The molecule has 2 heterocycles. The summed E-state index contributed by atoms with van der Waals surface area (Å²) >= 11 is 0. The first-order valence-corrected chi connectivity index (χ1v) is 8.80. The summed E-state index contributed by atoms with van der Waals surface area (Å²) in [6.45, 7) is 5.13. The van der Waals surface area contributed by atoms with Crippen molar-refractivity contribution in [1.82, 2.24) is 9.80 Å². The number of nitrogens with zero attached hydrogens (tertiary/aromatic N) is 2. The third-order valence-corrected chi connectivity index (χ3v) is 5.51. The molecule has 3 rings (SSSR count). The Morgan fingerprint density at radius 3 is 2.45 bits per heavy atom. The fourth-order valence-electron chi connectivity index (χ4n) is 4.02. The van der Waals surface area contributed by atoms with Crippen molar-refractivity contribution in [1.29, 1.82) is 0 Å². The number of methoxy groups -OCH3 is 1. The van der Waals surface area contributed by atoms with Gasteiger partial charge in [-0.1, -0.05) is 12.1 Å². The van der Waals surface area contributed by atoms with Gasteiger partial charge >= 0.3 is 0 Å². The van der Waals surface area contributed by atoms with Gasteiger partial charge in [-0.2, -0.15) is 0 Å². The minimum absolute atomic E-state index is 0.842. The van der Waals surface area contributed by atoms with E-state index in [1.54, 1.807) is 7.11 Å². The Bertz CT molecular complexity index is 460. The molecule has 0 atom stereocenters. The summed E-state index contributed by atoms with van der Waals surface area (Å²) in [5, 5.41) is 0. The maximum absolute atomic E-state index is 5.34. The Morgan fingerprint density at radius 2 is 1.77 bits per heavy atom. The fraction of sp³-hybridized carbons (Fsp3) is 0.684. The van der Waals surface area contributed by atoms with Crippen LogP contribution in [0.2, 0.25) is 0 Å². The molecule has 0 aromatic heterocycles.